The van der Waals surface area contributed by atoms with Gasteiger partial charge in [0.25, 0.3) is 5.91 Å². The van der Waals surface area contributed by atoms with Crippen molar-refractivity contribution in [2.24, 2.45) is 4.99 Å². The van der Waals surface area contributed by atoms with E-state index in [0.717, 1.165) is 17.0 Å². The quantitative estimate of drug-likeness (QED) is 0.284. The molecule has 0 saturated carbocycles. The highest BCUT2D eigenvalue weighted by atomic mass is 32.2. The van der Waals surface area contributed by atoms with Crippen LogP contribution in [0.15, 0.2) is 82.7 Å². The molecule has 1 N–H and O–H groups in total. The van der Waals surface area contributed by atoms with Gasteiger partial charge in [0.05, 0.1) is 18.4 Å². The van der Waals surface area contributed by atoms with Crippen LogP contribution >= 0.6 is 11.8 Å². The van der Waals surface area contributed by atoms with Crippen LogP contribution in [0, 0.1) is 19.3 Å². The van der Waals surface area contributed by atoms with Gasteiger partial charge in [0.2, 0.25) is 0 Å². The summed E-state index contributed by atoms with van der Waals surface area (Å²) in [5, 5.41) is 11.2. The Hall–Kier alpha value is -4.30. The van der Waals surface area contributed by atoms with Gasteiger partial charge in [-0.25, -0.2) is 0 Å². The van der Waals surface area contributed by atoms with Gasteiger partial charge < -0.3 is 14.2 Å². The third-order valence-corrected chi connectivity index (χ3v) is 7.10. The van der Waals surface area contributed by atoms with Crippen LogP contribution in [0.3, 0.4) is 0 Å². The molecule has 0 spiro atoms. The van der Waals surface area contributed by atoms with Crippen LogP contribution in [0.5, 0.6) is 17.2 Å². The van der Waals surface area contributed by atoms with E-state index in [1.54, 1.807) is 30.2 Å². The van der Waals surface area contributed by atoms with Crippen molar-refractivity contribution >= 4 is 40.4 Å². The molecule has 1 amide bonds. The molecular formula is C30H27N3O4S. The Labute approximate surface area is 225 Å². The molecule has 2 aliphatic heterocycles. The lowest BCUT2D eigenvalue weighted by Crippen LogP contribution is -2.38. The number of rotatable bonds is 8. The van der Waals surface area contributed by atoms with Crippen LogP contribution in [0.2, 0.25) is 0 Å². The standard InChI is InChI=1S/C30H27N3O4S/c1-19-9-11-23(15-20(19)2)36-13-14-37-26-12-10-21(17-27(26)35-3)16-24-28(31)33-25(22-7-5-4-6-8-22)18-38-30(33)32-29(24)34/h4-12,15-18,31H,13-14H2,1-3H3. The number of methoxy groups -OCH3 is 1. The molecule has 2 heterocycles. The van der Waals surface area contributed by atoms with E-state index < -0.39 is 5.91 Å². The minimum atomic E-state index is -0.445. The van der Waals surface area contributed by atoms with E-state index in [9.17, 15) is 4.79 Å². The third-order valence-electron chi connectivity index (χ3n) is 6.27. The van der Waals surface area contributed by atoms with E-state index in [1.165, 1.54) is 22.9 Å². The number of benzene rings is 3. The van der Waals surface area contributed by atoms with E-state index in [2.05, 4.69) is 18.8 Å². The van der Waals surface area contributed by atoms with E-state index in [-0.39, 0.29) is 11.4 Å². The molecule has 0 atom stereocenters. The molecule has 5 rings (SSSR count). The SMILES string of the molecule is COc1cc(C=C2C(=N)N3C(c4ccccc4)=CSC3=NC2=O)ccc1OCCOc1ccc(C)c(C)c1. The van der Waals surface area contributed by atoms with Crippen molar-refractivity contribution in [3.63, 3.8) is 0 Å². The summed E-state index contributed by atoms with van der Waals surface area (Å²) in [6.07, 6.45) is 1.66. The number of aryl methyl sites for hydroxylation is 2. The van der Waals surface area contributed by atoms with Gasteiger partial charge in [-0.15, -0.1) is 0 Å². The second kappa shape index (κ2) is 11.0. The Kier molecular flexibility index (Phi) is 7.33. The lowest BCUT2D eigenvalue weighted by molar-refractivity contribution is -0.114. The predicted octanol–water partition coefficient (Wildman–Crippen LogP) is 6.07. The number of carbonyl (C=O) groups is 1. The molecule has 0 fully saturated rings. The van der Waals surface area contributed by atoms with Gasteiger partial charge in [0.1, 0.15) is 24.8 Å². The summed E-state index contributed by atoms with van der Waals surface area (Å²) in [7, 11) is 1.56. The van der Waals surface area contributed by atoms with Crippen LogP contribution in [-0.2, 0) is 4.79 Å². The summed E-state index contributed by atoms with van der Waals surface area (Å²) < 4.78 is 17.2. The summed E-state index contributed by atoms with van der Waals surface area (Å²) in [6, 6.07) is 21.1. The summed E-state index contributed by atoms with van der Waals surface area (Å²) in [5.41, 5.74) is 5.07. The zero-order valence-corrected chi connectivity index (χ0v) is 22.2. The minimum Gasteiger partial charge on any atom is -0.493 e. The van der Waals surface area contributed by atoms with Crippen LogP contribution in [-0.4, -0.2) is 42.1 Å². The number of hydrogen-bond acceptors (Lipinski definition) is 6. The molecular weight excluding hydrogens is 498 g/mol. The Balaban J connectivity index is 1.29. The number of nitrogens with one attached hydrogen (secondary N) is 1. The normalized spacial score (nSPS) is 15.8. The molecule has 0 saturated heterocycles. The van der Waals surface area contributed by atoms with E-state index in [1.807, 2.05) is 60.0 Å². The topological polar surface area (TPSA) is 84.2 Å². The Morgan fingerprint density at radius 1 is 0.947 bits per heavy atom. The molecule has 8 heteroatoms. The van der Waals surface area contributed by atoms with Crippen molar-refractivity contribution < 1.29 is 19.0 Å². The van der Waals surface area contributed by atoms with Crippen molar-refractivity contribution in [1.29, 1.82) is 5.41 Å². The fourth-order valence-electron chi connectivity index (χ4n) is 4.09. The Morgan fingerprint density at radius 2 is 1.74 bits per heavy atom. The van der Waals surface area contributed by atoms with Crippen LogP contribution < -0.4 is 14.2 Å². The van der Waals surface area contributed by atoms with Crippen molar-refractivity contribution in [2.75, 3.05) is 20.3 Å². The van der Waals surface area contributed by atoms with Crippen LogP contribution in [0.25, 0.3) is 11.8 Å². The average Bonchev–Trinajstić information content (AvgIpc) is 3.35. The summed E-state index contributed by atoms with van der Waals surface area (Å²) in [4.78, 5) is 18.8. The highest BCUT2D eigenvalue weighted by molar-refractivity contribution is 8.17. The van der Waals surface area contributed by atoms with Crippen molar-refractivity contribution in [1.82, 2.24) is 4.90 Å². The Bertz CT molecular complexity index is 1490. The molecule has 0 unspecified atom stereocenters. The summed E-state index contributed by atoms with van der Waals surface area (Å²) >= 11 is 1.34. The molecule has 0 radical (unpaired) electrons. The predicted molar refractivity (Wildman–Crippen MR) is 152 cm³/mol. The number of amidine groups is 2. The number of hydrogen-bond donors (Lipinski definition) is 1. The number of thioether (sulfide) groups is 1. The molecule has 2 aliphatic rings. The first-order chi connectivity index (χ1) is 18.4. The van der Waals surface area contributed by atoms with Crippen LogP contribution in [0.1, 0.15) is 22.3 Å². The number of fused-ring (bicyclic) bond motifs is 1. The molecule has 192 valence electrons. The van der Waals surface area contributed by atoms with Gasteiger partial charge in [-0.2, -0.15) is 4.99 Å². The van der Waals surface area contributed by atoms with E-state index in [0.29, 0.717) is 35.4 Å². The van der Waals surface area contributed by atoms with Crippen molar-refractivity contribution in [2.45, 2.75) is 13.8 Å². The second-order valence-corrected chi connectivity index (χ2v) is 9.62. The number of ether oxygens (including phenoxy) is 3. The zero-order chi connectivity index (χ0) is 26.6. The molecule has 38 heavy (non-hydrogen) atoms. The Morgan fingerprint density at radius 3 is 2.50 bits per heavy atom. The molecule has 3 aromatic carbocycles. The lowest BCUT2D eigenvalue weighted by Gasteiger charge is -2.27. The summed E-state index contributed by atoms with van der Waals surface area (Å²) in [6.45, 7) is 4.84. The van der Waals surface area contributed by atoms with Gasteiger partial charge in [0.15, 0.2) is 16.7 Å². The first-order valence-electron chi connectivity index (χ1n) is 12.1. The highest BCUT2D eigenvalue weighted by Gasteiger charge is 2.36. The first kappa shape index (κ1) is 25.4. The molecule has 0 aliphatic carbocycles. The number of aliphatic imine (C=N–C) groups is 1. The maximum Gasteiger partial charge on any atom is 0.283 e. The van der Waals surface area contributed by atoms with Gasteiger partial charge in [-0.1, -0.05) is 54.2 Å². The fourth-order valence-corrected chi connectivity index (χ4v) is 4.98. The third kappa shape index (κ3) is 5.21. The van der Waals surface area contributed by atoms with Crippen LogP contribution in [0.4, 0.5) is 0 Å². The molecule has 7 nitrogen and oxygen atoms in total. The monoisotopic (exact) mass is 525 g/mol. The molecule has 3 aromatic rings. The maximum atomic E-state index is 12.8. The summed E-state index contributed by atoms with van der Waals surface area (Å²) in [5.74, 6) is 1.53. The second-order valence-electron chi connectivity index (χ2n) is 8.78. The minimum absolute atomic E-state index is 0.0860. The smallest absolute Gasteiger partial charge is 0.283 e. The zero-order valence-electron chi connectivity index (χ0n) is 21.4. The lowest BCUT2D eigenvalue weighted by atomic mass is 10.1. The van der Waals surface area contributed by atoms with Gasteiger partial charge in [-0.3, -0.25) is 15.1 Å². The van der Waals surface area contributed by atoms with E-state index >= 15 is 0 Å². The molecule has 0 bridgehead atoms. The number of amides is 1. The largest absolute Gasteiger partial charge is 0.493 e. The molecule has 0 aromatic heterocycles. The van der Waals surface area contributed by atoms with E-state index in [4.69, 9.17) is 19.6 Å². The van der Waals surface area contributed by atoms with Gasteiger partial charge in [0, 0.05) is 5.41 Å². The highest BCUT2D eigenvalue weighted by Crippen LogP contribution is 2.37. The van der Waals surface area contributed by atoms with Gasteiger partial charge in [-0.05, 0) is 66.4 Å². The maximum absolute atomic E-state index is 12.8. The first-order valence-corrected chi connectivity index (χ1v) is 13.0. The average molecular weight is 526 g/mol. The van der Waals surface area contributed by atoms with Crippen molar-refractivity contribution in [3.8, 4) is 17.2 Å². The van der Waals surface area contributed by atoms with Gasteiger partial charge >= 0.3 is 0 Å². The van der Waals surface area contributed by atoms with Crippen molar-refractivity contribution in [3.05, 3.63) is 100.0 Å². The number of carbonyl (C=O) groups excluding carboxylic acids is 1. The fraction of sp³-hybridized carbons (Fsp3) is 0.167. The number of nitrogens with zero attached hydrogens (tertiary/aromatic N) is 2.